The van der Waals surface area contributed by atoms with Crippen molar-refractivity contribution in [3.63, 3.8) is 0 Å². The predicted molar refractivity (Wildman–Crippen MR) is 101 cm³/mol. The molecule has 2 amide bonds. The second kappa shape index (κ2) is 8.04. The average molecular weight is 352 g/mol. The standard InChI is InChI=1S/C21H24N2O3/c1-3-20(24)23-15-21(25)22(17-10-7-11-19(13-17)26-2)14-18(23)12-16-8-5-4-6-9-16/h4-11,13,18H,3,12,14-15H2,1-2H3/t18-/m0/s1. The lowest BCUT2D eigenvalue weighted by atomic mass is 10.0. The number of benzene rings is 2. The van der Waals surface area contributed by atoms with Crippen molar-refractivity contribution >= 4 is 17.5 Å². The van der Waals surface area contributed by atoms with Crippen molar-refractivity contribution < 1.29 is 14.3 Å². The molecule has 0 radical (unpaired) electrons. The van der Waals surface area contributed by atoms with Gasteiger partial charge in [-0.1, -0.05) is 43.3 Å². The Hall–Kier alpha value is -2.82. The van der Waals surface area contributed by atoms with Crippen LogP contribution in [0, 0.1) is 0 Å². The van der Waals surface area contributed by atoms with E-state index < -0.39 is 0 Å². The van der Waals surface area contributed by atoms with Crippen molar-refractivity contribution in [2.45, 2.75) is 25.8 Å². The number of piperazine rings is 1. The number of hydrogen-bond donors (Lipinski definition) is 0. The summed E-state index contributed by atoms with van der Waals surface area (Å²) in [6.45, 7) is 2.43. The van der Waals surface area contributed by atoms with Gasteiger partial charge in [0.05, 0.1) is 13.2 Å². The van der Waals surface area contributed by atoms with Gasteiger partial charge < -0.3 is 14.5 Å². The smallest absolute Gasteiger partial charge is 0.246 e. The molecule has 0 aliphatic carbocycles. The van der Waals surface area contributed by atoms with Crippen molar-refractivity contribution in [3.8, 4) is 5.75 Å². The Labute approximate surface area is 154 Å². The third-order valence-electron chi connectivity index (χ3n) is 4.74. The van der Waals surface area contributed by atoms with Crippen LogP contribution in [0.3, 0.4) is 0 Å². The van der Waals surface area contributed by atoms with Gasteiger partial charge in [0.2, 0.25) is 11.8 Å². The lowest BCUT2D eigenvalue weighted by Crippen LogP contribution is -2.58. The maximum Gasteiger partial charge on any atom is 0.246 e. The highest BCUT2D eigenvalue weighted by Crippen LogP contribution is 2.26. The highest BCUT2D eigenvalue weighted by atomic mass is 16.5. The van der Waals surface area contributed by atoms with Gasteiger partial charge in [-0.2, -0.15) is 0 Å². The van der Waals surface area contributed by atoms with Gasteiger partial charge in [-0.3, -0.25) is 9.59 Å². The first-order valence-corrected chi connectivity index (χ1v) is 8.90. The maximum atomic E-state index is 12.7. The SMILES string of the molecule is CCC(=O)N1CC(=O)N(c2cccc(OC)c2)C[C@@H]1Cc1ccccc1. The third-order valence-corrected chi connectivity index (χ3v) is 4.74. The molecule has 0 saturated carbocycles. The van der Waals surface area contributed by atoms with Gasteiger partial charge in [-0.25, -0.2) is 0 Å². The molecular formula is C21H24N2O3. The molecule has 1 fully saturated rings. The number of amides is 2. The van der Waals surface area contributed by atoms with E-state index in [1.165, 1.54) is 0 Å². The van der Waals surface area contributed by atoms with Crippen LogP contribution in [0.25, 0.3) is 0 Å². The largest absolute Gasteiger partial charge is 0.497 e. The van der Waals surface area contributed by atoms with E-state index in [4.69, 9.17) is 4.74 Å². The Morgan fingerprint density at radius 3 is 2.62 bits per heavy atom. The Morgan fingerprint density at radius 1 is 1.15 bits per heavy atom. The molecule has 5 nitrogen and oxygen atoms in total. The zero-order valence-corrected chi connectivity index (χ0v) is 15.2. The predicted octanol–water partition coefficient (Wildman–Crippen LogP) is 2.89. The Morgan fingerprint density at radius 2 is 1.92 bits per heavy atom. The molecule has 3 rings (SSSR count). The van der Waals surface area contributed by atoms with Crippen LogP contribution in [0.1, 0.15) is 18.9 Å². The van der Waals surface area contributed by atoms with Crippen LogP contribution >= 0.6 is 0 Å². The van der Waals surface area contributed by atoms with E-state index in [0.717, 1.165) is 17.7 Å². The van der Waals surface area contributed by atoms with Gasteiger partial charge in [-0.05, 0) is 24.1 Å². The van der Waals surface area contributed by atoms with E-state index in [0.29, 0.717) is 18.7 Å². The van der Waals surface area contributed by atoms with E-state index in [1.54, 1.807) is 16.9 Å². The molecule has 0 N–H and O–H groups in total. The van der Waals surface area contributed by atoms with Crippen molar-refractivity contribution in [1.29, 1.82) is 0 Å². The Bertz CT molecular complexity index is 776. The van der Waals surface area contributed by atoms with Crippen LogP contribution in [-0.2, 0) is 16.0 Å². The number of nitrogens with zero attached hydrogens (tertiary/aromatic N) is 2. The van der Waals surface area contributed by atoms with Crippen LogP contribution in [0.4, 0.5) is 5.69 Å². The molecule has 1 atom stereocenters. The molecule has 0 bridgehead atoms. The molecule has 26 heavy (non-hydrogen) atoms. The van der Waals surface area contributed by atoms with Gasteiger partial charge >= 0.3 is 0 Å². The lowest BCUT2D eigenvalue weighted by molar-refractivity contribution is -0.139. The maximum absolute atomic E-state index is 12.7. The third kappa shape index (κ3) is 3.87. The number of methoxy groups -OCH3 is 1. The molecule has 1 aliphatic heterocycles. The van der Waals surface area contributed by atoms with E-state index in [1.807, 2.05) is 49.4 Å². The second-order valence-electron chi connectivity index (χ2n) is 6.42. The summed E-state index contributed by atoms with van der Waals surface area (Å²) in [5.74, 6) is 0.663. The molecule has 1 heterocycles. The first-order chi connectivity index (χ1) is 12.6. The van der Waals surface area contributed by atoms with Crippen molar-refractivity contribution in [3.05, 3.63) is 60.2 Å². The summed E-state index contributed by atoms with van der Waals surface area (Å²) in [6.07, 6.45) is 1.12. The lowest BCUT2D eigenvalue weighted by Gasteiger charge is -2.41. The summed E-state index contributed by atoms with van der Waals surface area (Å²) in [6, 6.07) is 17.5. The fourth-order valence-electron chi connectivity index (χ4n) is 3.35. The van der Waals surface area contributed by atoms with E-state index in [2.05, 4.69) is 12.1 Å². The Balaban J connectivity index is 1.87. The first-order valence-electron chi connectivity index (χ1n) is 8.90. The molecule has 2 aromatic carbocycles. The number of rotatable bonds is 5. The summed E-state index contributed by atoms with van der Waals surface area (Å²) in [7, 11) is 1.61. The minimum atomic E-state index is -0.0654. The zero-order chi connectivity index (χ0) is 18.5. The number of hydrogen-bond acceptors (Lipinski definition) is 3. The fourth-order valence-corrected chi connectivity index (χ4v) is 3.35. The van der Waals surface area contributed by atoms with Crippen molar-refractivity contribution in [2.75, 3.05) is 25.1 Å². The van der Waals surface area contributed by atoms with Crippen LogP contribution in [0.15, 0.2) is 54.6 Å². The van der Waals surface area contributed by atoms with E-state index in [9.17, 15) is 9.59 Å². The normalized spacial score (nSPS) is 17.3. The molecule has 136 valence electrons. The van der Waals surface area contributed by atoms with Gasteiger partial charge in [0, 0.05) is 24.7 Å². The fraction of sp³-hybridized carbons (Fsp3) is 0.333. The monoisotopic (exact) mass is 352 g/mol. The van der Waals surface area contributed by atoms with Crippen molar-refractivity contribution in [1.82, 2.24) is 4.90 Å². The van der Waals surface area contributed by atoms with Gasteiger partial charge in [0.15, 0.2) is 0 Å². The minimum Gasteiger partial charge on any atom is -0.497 e. The summed E-state index contributed by atoms with van der Waals surface area (Å²) >= 11 is 0. The van der Waals surface area contributed by atoms with Gasteiger partial charge in [-0.15, -0.1) is 0 Å². The summed E-state index contributed by atoms with van der Waals surface area (Å²) in [5.41, 5.74) is 1.96. The van der Waals surface area contributed by atoms with Crippen LogP contribution in [0.2, 0.25) is 0 Å². The molecule has 0 spiro atoms. The molecule has 1 saturated heterocycles. The highest BCUT2D eigenvalue weighted by molar-refractivity contribution is 5.98. The van der Waals surface area contributed by atoms with Crippen LogP contribution in [0.5, 0.6) is 5.75 Å². The molecule has 1 aliphatic rings. The van der Waals surface area contributed by atoms with Crippen LogP contribution < -0.4 is 9.64 Å². The first kappa shape index (κ1) is 18.0. The summed E-state index contributed by atoms with van der Waals surface area (Å²) in [4.78, 5) is 28.6. The number of anilines is 1. The van der Waals surface area contributed by atoms with Gasteiger partial charge in [0.1, 0.15) is 12.3 Å². The summed E-state index contributed by atoms with van der Waals surface area (Å²) in [5, 5.41) is 0. The molecule has 0 unspecified atom stereocenters. The zero-order valence-electron chi connectivity index (χ0n) is 15.2. The number of ether oxygens (including phenoxy) is 1. The van der Waals surface area contributed by atoms with E-state index in [-0.39, 0.29) is 24.4 Å². The average Bonchev–Trinajstić information content (AvgIpc) is 2.69. The van der Waals surface area contributed by atoms with Gasteiger partial charge in [0.25, 0.3) is 0 Å². The molecule has 2 aromatic rings. The second-order valence-corrected chi connectivity index (χ2v) is 6.42. The summed E-state index contributed by atoms with van der Waals surface area (Å²) < 4.78 is 5.28. The van der Waals surface area contributed by atoms with Crippen molar-refractivity contribution in [2.24, 2.45) is 0 Å². The topological polar surface area (TPSA) is 49.9 Å². The molecular weight excluding hydrogens is 328 g/mol. The van der Waals surface area contributed by atoms with E-state index >= 15 is 0 Å². The number of carbonyl (C=O) groups is 2. The quantitative estimate of drug-likeness (QED) is 0.831. The molecule has 5 heteroatoms. The number of carbonyl (C=O) groups excluding carboxylic acids is 2. The minimum absolute atomic E-state index is 0.0181. The van der Waals surface area contributed by atoms with Crippen LogP contribution in [-0.4, -0.2) is 43.0 Å². The Kier molecular flexibility index (Phi) is 5.56. The highest BCUT2D eigenvalue weighted by Gasteiger charge is 2.35. The molecule has 0 aromatic heterocycles.